The lowest BCUT2D eigenvalue weighted by Gasteiger charge is -2.31. The molecule has 9 nitrogen and oxygen atoms in total. The molecular weight excluding hydrogens is 338 g/mol. The summed E-state index contributed by atoms with van der Waals surface area (Å²) in [6.45, 7) is -0.0340. The van der Waals surface area contributed by atoms with Crippen molar-refractivity contribution in [2.24, 2.45) is 0 Å². The fraction of sp³-hybridized carbons (Fsp3) is 0.857. The van der Waals surface area contributed by atoms with Gasteiger partial charge in [0.05, 0.1) is 24.7 Å². The van der Waals surface area contributed by atoms with Crippen LogP contribution in [0.5, 0.6) is 0 Å². The molecule has 1 aliphatic heterocycles. The molecule has 1 unspecified atom stereocenters. The van der Waals surface area contributed by atoms with Gasteiger partial charge in [0.2, 0.25) is 0 Å². The van der Waals surface area contributed by atoms with E-state index in [0.29, 0.717) is 13.0 Å². The average Bonchev–Trinajstić information content (AvgIpc) is 2.86. The number of likely N-dealkylation sites (N-methyl/N-ethyl adjacent to an activating group) is 1. The Bertz CT molecular complexity index is 531. The van der Waals surface area contributed by atoms with Crippen LogP contribution in [0.1, 0.15) is 6.42 Å². The van der Waals surface area contributed by atoms with Crippen LogP contribution in [-0.4, -0.2) is 116 Å². The summed E-state index contributed by atoms with van der Waals surface area (Å²) >= 11 is 0. The van der Waals surface area contributed by atoms with Crippen LogP contribution >= 0.6 is 0 Å². The van der Waals surface area contributed by atoms with Crippen molar-refractivity contribution in [3.63, 3.8) is 0 Å². The van der Waals surface area contributed by atoms with E-state index in [1.165, 1.54) is 4.90 Å². The van der Waals surface area contributed by atoms with E-state index in [1.807, 2.05) is 19.0 Å². The van der Waals surface area contributed by atoms with Gasteiger partial charge in [-0.3, -0.25) is 9.59 Å². The van der Waals surface area contributed by atoms with Gasteiger partial charge in [0.1, 0.15) is 0 Å². The van der Waals surface area contributed by atoms with E-state index in [2.05, 4.69) is 0 Å². The molecule has 10 heteroatoms. The Morgan fingerprint density at radius 3 is 2.00 bits per heavy atom. The zero-order valence-electron chi connectivity index (χ0n) is 14.2. The fourth-order valence-electron chi connectivity index (χ4n) is 2.59. The highest BCUT2D eigenvalue weighted by atomic mass is 32.2. The first kappa shape index (κ1) is 20.8. The van der Waals surface area contributed by atoms with Crippen LogP contribution in [0.3, 0.4) is 0 Å². The predicted octanol–water partition coefficient (Wildman–Crippen LogP) is -2.62. The lowest BCUT2D eigenvalue weighted by Crippen LogP contribution is -2.52. The van der Waals surface area contributed by atoms with Crippen molar-refractivity contribution in [3.8, 4) is 0 Å². The highest BCUT2D eigenvalue weighted by Gasteiger charge is 2.37. The smallest absolute Gasteiger partial charge is 0.312 e. The van der Waals surface area contributed by atoms with Crippen molar-refractivity contribution in [2.45, 2.75) is 12.5 Å². The number of carbonyl (C=O) groups excluding carboxylic acids is 2. The summed E-state index contributed by atoms with van der Waals surface area (Å²) in [5.74, 6) is -1.75. The topological polar surface area (TPSA) is 118 Å². The molecule has 24 heavy (non-hydrogen) atoms. The second-order valence-electron chi connectivity index (χ2n) is 6.10. The fourth-order valence-corrected chi connectivity index (χ4v) is 4.32. The molecule has 0 spiro atoms. The lowest BCUT2D eigenvalue weighted by atomic mass is 10.2. The third-order valence-electron chi connectivity index (χ3n) is 3.91. The second-order valence-corrected chi connectivity index (χ2v) is 8.33. The van der Waals surface area contributed by atoms with Crippen LogP contribution < -0.4 is 0 Å². The molecule has 0 aromatic carbocycles. The molecule has 0 aromatic heterocycles. The van der Waals surface area contributed by atoms with Crippen LogP contribution in [0, 0.1) is 0 Å². The van der Waals surface area contributed by atoms with Gasteiger partial charge < -0.3 is 24.9 Å². The molecule has 1 atom stereocenters. The van der Waals surface area contributed by atoms with Gasteiger partial charge in [-0.15, -0.1) is 0 Å². The summed E-state index contributed by atoms with van der Waals surface area (Å²) < 4.78 is 23.4. The monoisotopic (exact) mass is 365 g/mol. The molecule has 1 rings (SSSR count). The molecule has 0 aromatic rings. The quantitative estimate of drug-likeness (QED) is 0.452. The predicted molar refractivity (Wildman–Crippen MR) is 88.1 cm³/mol. The molecule has 1 heterocycles. The Hall–Kier alpha value is -1.23. The van der Waals surface area contributed by atoms with Crippen molar-refractivity contribution in [3.05, 3.63) is 0 Å². The number of aliphatic hydroxyl groups excluding tert-OH is 2. The Kier molecular flexibility index (Phi) is 8.07. The van der Waals surface area contributed by atoms with E-state index in [9.17, 15) is 18.0 Å². The molecule has 0 saturated carbocycles. The van der Waals surface area contributed by atoms with E-state index in [4.69, 9.17) is 10.2 Å². The summed E-state index contributed by atoms with van der Waals surface area (Å²) in [6, 6.07) is -0.517. The first-order valence-corrected chi connectivity index (χ1v) is 9.70. The van der Waals surface area contributed by atoms with E-state index < -0.39 is 27.7 Å². The van der Waals surface area contributed by atoms with Gasteiger partial charge in [-0.25, -0.2) is 8.42 Å². The van der Waals surface area contributed by atoms with Gasteiger partial charge in [-0.05, 0) is 20.5 Å². The van der Waals surface area contributed by atoms with Crippen LogP contribution in [0.25, 0.3) is 0 Å². The third kappa shape index (κ3) is 6.00. The molecular formula is C14H27N3O6S. The lowest BCUT2D eigenvalue weighted by molar-refractivity contribution is -0.153. The minimum Gasteiger partial charge on any atom is -0.395 e. The summed E-state index contributed by atoms with van der Waals surface area (Å²) in [6.07, 6.45) is 0.314. The van der Waals surface area contributed by atoms with Gasteiger partial charge in [-0.1, -0.05) is 0 Å². The normalized spacial score (nSPS) is 19.5. The maximum absolute atomic E-state index is 12.6. The Balaban J connectivity index is 2.91. The van der Waals surface area contributed by atoms with Crippen molar-refractivity contribution < 1.29 is 28.2 Å². The summed E-state index contributed by atoms with van der Waals surface area (Å²) in [4.78, 5) is 29.2. The molecule has 0 bridgehead atoms. The van der Waals surface area contributed by atoms with Crippen molar-refractivity contribution >= 4 is 21.7 Å². The van der Waals surface area contributed by atoms with E-state index in [0.717, 1.165) is 4.90 Å². The molecule has 1 fully saturated rings. The molecule has 1 saturated heterocycles. The molecule has 140 valence electrons. The summed E-state index contributed by atoms with van der Waals surface area (Å²) in [5.41, 5.74) is 0. The molecule has 1 aliphatic rings. The summed E-state index contributed by atoms with van der Waals surface area (Å²) in [5, 5.41) is 18.0. The van der Waals surface area contributed by atoms with Gasteiger partial charge in [0.15, 0.2) is 9.84 Å². The maximum Gasteiger partial charge on any atom is 0.312 e. The standard InChI is InChI=1S/C14H27N3O6S/c1-15(2)4-5-17(12-3-10-24(22,23)11-12)14(21)13(20)16(6-8-18)7-9-19/h12,18-19H,3-11H2,1-2H3. The van der Waals surface area contributed by atoms with E-state index in [1.54, 1.807) is 0 Å². The number of aliphatic hydroxyl groups is 2. The van der Waals surface area contributed by atoms with Crippen LogP contribution in [0.2, 0.25) is 0 Å². The largest absolute Gasteiger partial charge is 0.395 e. The van der Waals surface area contributed by atoms with Gasteiger partial charge in [0, 0.05) is 32.2 Å². The number of rotatable bonds is 8. The SMILES string of the molecule is CN(C)CCN(C(=O)C(=O)N(CCO)CCO)C1CCS(=O)(=O)C1. The summed E-state index contributed by atoms with van der Waals surface area (Å²) in [7, 11) is 0.447. The van der Waals surface area contributed by atoms with Gasteiger partial charge in [0.25, 0.3) is 0 Å². The van der Waals surface area contributed by atoms with Gasteiger partial charge >= 0.3 is 11.8 Å². The maximum atomic E-state index is 12.6. The Morgan fingerprint density at radius 2 is 1.58 bits per heavy atom. The third-order valence-corrected chi connectivity index (χ3v) is 5.66. The highest BCUT2D eigenvalue weighted by Crippen LogP contribution is 2.18. The molecule has 2 N–H and O–H groups in total. The minimum atomic E-state index is -3.19. The highest BCUT2D eigenvalue weighted by molar-refractivity contribution is 7.91. The Labute approximate surface area is 142 Å². The number of sulfone groups is 1. The number of carbonyl (C=O) groups is 2. The van der Waals surface area contributed by atoms with Crippen molar-refractivity contribution in [1.82, 2.24) is 14.7 Å². The number of hydrogen-bond acceptors (Lipinski definition) is 7. The molecule has 0 radical (unpaired) electrons. The number of hydrogen-bond donors (Lipinski definition) is 2. The minimum absolute atomic E-state index is 0.00853. The van der Waals surface area contributed by atoms with E-state index in [-0.39, 0.29) is 44.4 Å². The van der Waals surface area contributed by atoms with Crippen LogP contribution in [0.15, 0.2) is 0 Å². The Morgan fingerprint density at radius 1 is 1.00 bits per heavy atom. The zero-order valence-corrected chi connectivity index (χ0v) is 15.0. The van der Waals surface area contributed by atoms with E-state index >= 15 is 0 Å². The molecule has 0 aliphatic carbocycles. The first-order chi connectivity index (χ1) is 11.2. The van der Waals surface area contributed by atoms with Crippen LogP contribution in [0.4, 0.5) is 0 Å². The van der Waals surface area contributed by atoms with Crippen LogP contribution in [-0.2, 0) is 19.4 Å². The van der Waals surface area contributed by atoms with Crippen molar-refractivity contribution in [2.75, 3.05) is 65.0 Å². The number of nitrogens with zero attached hydrogens (tertiary/aromatic N) is 3. The first-order valence-electron chi connectivity index (χ1n) is 7.88. The zero-order chi connectivity index (χ0) is 18.3. The second kappa shape index (κ2) is 9.30. The molecule has 2 amide bonds. The van der Waals surface area contributed by atoms with Gasteiger partial charge in [-0.2, -0.15) is 0 Å². The number of amides is 2. The average molecular weight is 365 g/mol. The van der Waals surface area contributed by atoms with Crippen molar-refractivity contribution in [1.29, 1.82) is 0 Å².